The Balaban J connectivity index is 1.68. The number of nitrogens with one attached hydrogen (secondary N) is 1. The van der Waals surface area contributed by atoms with Gasteiger partial charge in [0.1, 0.15) is 5.78 Å². The predicted octanol–water partition coefficient (Wildman–Crippen LogP) is 1.96. The van der Waals surface area contributed by atoms with Crippen LogP contribution in [0.25, 0.3) is 0 Å². The van der Waals surface area contributed by atoms with Gasteiger partial charge in [0, 0.05) is 24.4 Å². The van der Waals surface area contributed by atoms with Crippen LogP contribution in [-0.2, 0) is 4.79 Å². The lowest BCUT2D eigenvalue weighted by Crippen LogP contribution is -2.54. The lowest BCUT2D eigenvalue weighted by molar-refractivity contribution is -0.136. The normalized spacial score (nSPS) is 36.1. The highest BCUT2D eigenvalue weighted by Crippen LogP contribution is 2.41. The van der Waals surface area contributed by atoms with E-state index in [9.17, 15) is 4.79 Å². The molecule has 3 fully saturated rings. The average molecular weight is 250 g/mol. The third-order valence-corrected chi connectivity index (χ3v) is 5.33. The van der Waals surface area contributed by atoms with Crippen LogP contribution in [0.5, 0.6) is 0 Å². The van der Waals surface area contributed by atoms with E-state index in [4.69, 9.17) is 0 Å². The fourth-order valence-electron chi connectivity index (χ4n) is 4.24. The number of Topliss-reactive ketones (excluding diaryl/α,β-unsaturated/α-hetero) is 1. The van der Waals surface area contributed by atoms with Crippen LogP contribution in [0.1, 0.15) is 51.4 Å². The summed E-state index contributed by atoms with van der Waals surface area (Å²) < 4.78 is 0. The molecule has 1 N–H and O–H groups in total. The molecule has 2 aliphatic heterocycles. The van der Waals surface area contributed by atoms with Crippen molar-refractivity contribution in [2.24, 2.45) is 5.41 Å². The third-order valence-electron chi connectivity index (χ3n) is 5.33. The third kappa shape index (κ3) is 2.35. The van der Waals surface area contributed by atoms with Crippen LogP contribution in [0.15, 0.2) is 0 Å². The van der Waals surface area contributed by atoms with E-state index in [0.717, 1.165) is 51.4 Å². The van der Waals surface area contributed by atoms with Gasteiger partial charge in [-0.3, -0.25) is 9.69 Å². The highest BCUT2D eigenvalue weighted by molar-refractivity contribution is 5.85. The molecular formula is C15H26N2O. The van der Waals surface area contributed by atoms with Crippen molar-refractivity contribution >= 4 is 5.78 Å². The first-order valence-electron chi connectivity index (χ1n) is 7.78. The van der Waals surface area contributed by atoms with Crippen molar-refractivity contribution in [3.8, 4) is 0 Å². The monoisotopic (exact) mass is 250 g/mol. The van der Waals surface area contributed by atoms with E-state index in [1.54, 1.807) is 0 Å². The molecule has 18 heavy (non-hydrogen) atoms. The highest BCUT2D eigenvalue weighted by atomic mass is 16.1. The molecule has 0 radical (unpaired) electrons. The van der Waals surface area contributed by atoms with E-state index in [1.165, 1.54) is 32.2 Å². The summed E-state index contributed by atoms with van der Waals surface area (Å²) in [5.41, 5.74) is 0.0569. The molecular weight excluding hydrogens is 224 g/mol. The second-order valence-corrected chi connectivity index (χ2v) is 6.47. The molecule has 3 aliphatic rings. The molecule has 0 aromatic heterocycles. The predicted molar refractivity (Wildman–Crippen MR) is 72.6 cm³/mol. The Labute approximate surface area is 110 Å². The van der Waals surface area contributed by atoms with Crippen LogP contribution < -0.4 is 5.32 Å². The van der Waals surface area contributed by atoms with Gasteiger partial charge in [-0.15, -0.1) is 0 Å². The molecule has 1 aliphatic carbocycles. The van der Waals surface area contributed by atoms with Gasteiger partial charge in [0.25, 0.3) is 0 Å². The van der Waals surface area contributed by atoms with Gasteiger partial charge in [0.2, 0.25) is 0 Å². The van der Waals surface area contributed by atoms with E-state index in [2.05, 4.69) is 10.2 Å². The van der Waals surface area contributed by atoms with Crippen LogP contribution in [0, 0.1) is 5.41 Å². The fourth-order valence-corrected chi connectivity index (χ4v) is 4.24. The van der Waals surface area contributed by atoms with Gasteiger partial charge in [-0.2, -0.15) is 0 Å². The number of hydrogen-bond acceptors (Lipinski definition) is 3. The first-order chi connectivity index (χ1) is 8.80. The maximum atomic E-state index is 12.4. The second-order valence-electron chi connectivity index (χ2n) is 6.47. The summed E-state index contributed by atoms with van der Waals surface area (Å²) in [7, 11) is 0. The van der Waals surface area contributed by atoms with Gasteiger partial charge < -0.3 is 5.32 Å². The van der Waals surface area contributed by atoms with E-state index in [-0.39, 0.29) is 5.41 Å². The van der Waals surface area contributed by atoms with Gasteiger partial charge in [0.05, 0.1) is 0 Å². The molecule has 2 heterocycles. The van der Waals surface area contributed by atoms with Crippen molar-refractivity contribution in [1.82, 2.24) is 10.2 Å². The van der Waals surface area contributed by atoms with Crippen LogP contribution >= 0.6 is 0 Å². The largest absolute Gasteiger partial charge is 0.317 e. The van der Waals surface area contributed by atoms with Crippen LogP contribution in [0.2, 0.25) is 0 Å². The van der Waals surface area contributed by atoms with Crippen molar-refractivity contribution in [1.29, 1.82) is 0 Å². The van der Waals surface area contributed by atoms with E-state index >= 15 is 0 Å². The second kappa shape index (κ2) is 5.30. The maximum absolute atomic E-state index is 12.4. The molecule has 1 unspecified atom stereocenters. The van der Waals surface area contributed by atoms with Gasteiger partial charge in [-0.05, 0) is 58.2 Å². The molecule has 102 valence electrons. The zero-order chi connectivity index (χ0) is 12.4. The van der Waals surface area contributed by atoms with E-state index < -0.39 is 0 Å². The molecule has 3 nitrogen and oxygen atoms in total. The van der Waals surface area contributed by atoms with Crippen LogP contribution in [-0.4, -0.2) is 42.9 Å². The first kappa shape index (κ1) is 12.6. The smallest absolute Gasteiger partial charge is 0.140 e. The van der Waals surface area contributed by atoms with Gasteiger partial charge in [-0.25, -0.2) is 0 Å². The summed E-state index contributed by atoms with van der Waals surface area (Å²) in [5.74, 6) is 0.576. The standard InChI is InChI=1S/C15H26N2O/c18-14-4-1-2-7-15(14)8-3-11-17(12-15)13-5-9-16-10-6-13/h13,16H,1-12H2. The Kier molecular flexibility index (Phi) is 3.71. The Morgan fingerprint density at radius 3 is 2.67 bits per heavy atom. The molecule has 1 spiro atoms. The maximum Gasteiger partial charge on any atom is 0.140 e. The molecule has 0 aromatic carbocycles. The molecule has 1 atom stereocenters. The number of likely N-dealkylation sites (tertiary alicyclic amines) is 1. The summed E-state index contributed by atoms with van der Waals surface area (Å²) in [4.78, 5) is 15.0. The number of ketones is 1. The van der Waals surface area contributed by atoms with Crippen molar-refractivity contribution in [3.05, 3.63) is 0 Å². The number of rotatable bonds is 1. The number of carbonyl (C=O) groups is 1. The minimum absolute atomic E-state index is 0.0569. The van der Waals surface area contributed by atoms with Gasteiger partial charge >= 0.3 is 0 Å². The first-order valence-corrected chi connectivity index (χ1v) is 7.78. The molecule has 3 rings (SSSR count). The molecule has 0 bridgehead atoms. The lowest BCUT2D eigenvalue weighted by atomic mass is 9.68. The number of nitrogens with zero attached hydrogens (tertiary/aromatic N) is 1. The van der Waals surface area contributed by atoms with Crippen molar-refractivity contribution in [2.45, 2.75) is 57.4 Å². The average Bonchev–Trinajstić information content (AvgIpc) is 2.44. The highest BCUT2D eigenvalue weighted by Gasteiger charge is 2.44. The summed E-state index contributed by atoms with van der Waals surface area (Å²) in [6.45, 7) is 4.60. The van der Waals surface area contributed by atoms with Crippen molar-refractivity contribution < 1.29 is 4.79 Å². The Bertz CT molecular complexity index is 308. The Hall–Kier alpha value is -0.410. The Morgan fingerprint density at radius 2 is 1.89 bits per heavy atom. The molecule has 0 amide bonds. The summed E-state index contributed by atoms with van der Waals surface area (Å²) >= 11 is 0. The summed E-state index contributed by atoms with van der Waals surface area (Å²) in [6, 6.07) is 0.734. The fraction of sp³-hybridized carbons (Fsp3) is 0.933. The van der Waals surface area contributed by atoms with E-state index in [1.807, 2.05) is 0 Å². The number of carbonyl (C=O) groups excluding carboxylic acids is 1. The van der Waals surface area contributed by atoms with Gasteiger partial charge in [0.15, 0.2) is 0 Å². The van der Waals surface area contributed by atoms with E-state index in [0.29, 0.717) is 5.78 Å². The summed E-state index contributed by atoms with van der Waals surface area (Å²) in [5, 5.41) is 3.44. The molecule has 1 saturated carbocycles. The minimum atomic E-state index is 0.0569. The molecule has 2 saturated heterocycles. The topological polar surface area (TPSA) is 32.3 Å². The number of piperidine rings is 2. The SMILES string of the molecule is O=C1CCCCC12CCCN(C1CCNCC1)C2. The minimum Gasteiger partial charge on any atom is -0.317 e. The zero-order valence-electron chi connectivity index (χ0n) is 11.4. The quantitative estimate of drug-likeness (QED) is 0.772. The zero-order valence-corrected chi connectivity index (χ0v) is 11.4. The molecule has 3 heteroatoms. The summed E-state index contributed by atoms with van der Waals surface area (Å²) in [6.07, 6.45) is 9.34. The van der Waals surface area contributed by atoms with Crippen molar-refractivity contribution in [3.63, 3.8) is 0 Å². The molecule has 0 aromatic rings. The number of hydrogen-bond donors (Lipinski definition) is 1. The van der Waals surface area contributed by atoms with Gasteiger partial charge in [-0.1, -0.05) is 6.42 Å². The van der Waals surface area contributed by atoms with Crippen LogP contribution in [0.4, 0.5) is 0 Å². The van der Waals surface area contributed by atoms with Crippen molar-refractivity contribution in [2.75, 3.05) is 26.2 Å². The Morgan fingerprint density at radius 1 is 1.11 bits per heavy atom. The van der Waals surface area contributed by atoms with Crippen LogP contribution in [0.3, 0.4) is 0 Å². The lowest BCUT2D eigenvalue weighted by Gasteiger charge is -2.47.